The number of nitrogens with zero attached hydrogens (tertiary/aromatic N) is 1. The molecule has 1 aliphatic heterocycles. The summed E-state index contributed by atoms with van der Waals surface area (Å²) in [6.07, 6.45) is 3.73. The van der Waals surface area contributed by atoms with Crippen LogP contribution in [0.5, 0.6) is 0 Å². The fourth-order valence-electron chi connectivity index (χ4n) is 2.76. The van der Waals surface area contributed by atoms with E-state index in [9.17, 15) is 5.11 Å². The Morgan fingerprint density at radius 1 is 1.35 bits per heavy atom. The van der Waals surface area contributed by atoms with Crippen molar-refractivity contribution in [2.75, 3.05) is 32.8 Å². The van der Waals surface area contributed by atoms with Crippen LogP contribution in [0.15, 0.2) is 35.3 Å². The summed E-state index contributed by atoms with van der Waals surface area (Å²) >= 11 is 0. The third-order valence-corrected chi connectivity index (χ3v) is 4.09. The number of benzene rings is 1. The van der Waals surface area contributed by atoms with E-state index in [1.165, 1.54) is 6.42 Å². The van der Waals surface area contributed by atoms with Crippen molar-refractivity contribution in [3.05, 3.63) is 35.9 Å². The van der Waals surface area contributed by atoms with E-state index in [1.807, 2.05) is 30.3 Å². The van der Waals surface area contributed by atoms with Crippen LogP contribution in [0.3, 0.4) is 0 Å². The van der Waals surface area contributed by atoms with Crippen molar-refractivity contribution < 1.29 is 9.84 Å². The van der Waals surface area contributed by atoms with Gasteiger partial charge in [-0.25, -0.2) is 0 Å². The molecule has 1 heterocycles. The molecule has 2 atom stereocenters. The highest BCUT2D eigenvalue weighted by Crippen LogP contribution is 2.15. The zero-order valence-electron chi connectivity index (χ0n) is 14.0. The van der Waals surface area contributed by atoms with Crippen molar-refractivity contribution in [3.8, 4) is 0 Å². The van der Waals surface area contributed by atoms with Crippen molar-refractivity contribution in [1.29, 1.82) is 0 Å². The normalized spacial score (nSPS) is 19.6. The first-order valence-corrected chi connectivity index (χ1v) is 8.63. The van der Waals surface area contributed by atoms with Gasteiger partial charge in [0.25, 0.3) is 0 Å². The molecule has 0 amide bonds. The molecule has 0 spiro atoms. The molecule has 23 heavy (non-hydrogen) atoms. The molecule has 5 nitrogen and oxygen atoms in total. The van der Waals surface area contributed by atoms with Crippen molar-refractivity contribution in [3.63, 3.8) is 0 Å². The monoisotopic (exact) mass is 319 g/mol. The van der Waals surface area contributed by atoms with Crippen molar-refractivity contribution in [1.82, 2.24) is 10.6 Å². The molecular formula is C18H29N3O2. The average molecular weight is 319 g/mol. The predicted octanol–water partition coefficient (Wildman–Crippen LogP) is 1.89. The fraction of sp³-hybridized carbons (Fsp3) is 0.611. The van der Waals surface area contributed by atoms with Gasteiger partial charge >= 0.3 is 0 Å². The van der Waals surface area contributed by atoms with Gasteiger partial charge in [0.05, 0.1) is 19.3 Å². The van der Waals surface area contributed by atoms with E-state index in [2.05, 4.69) is 22.5 Å². The summed E-state index contributed by atoms with van der Waals surface area (Å²) in [6, 6.07) is 10.0. The topological polar surface area (TPSA) is 65.9 Å². The number of aliphatic hydroxyl groups is 1. The maximum Gasteiger partial charge on any atom is 0.191 e. The van der Waals surface area contributed by atoms with Gasteiger partial charge in [0.1, 0.15) is 0 Å². The number of nitrogens with one attached hydrogen (secondary N) is 2. The Bertz CT molecular complexity index is 459. The second kappa shape index (κ2) is 10.2. The lowest BCUT2D eigenvalue weighted by Gasteiger charge is -2.16. The third-order valence-electron chi connectivity index (χ3n) is 4.09. The van der Waals surface area contributed by atoms with Gasteiger partial charge in [-0.3, -0.25) is 4.99 Å². The van der Waals surface area contributed by atoms with Crippen LogP contribution in [0.25, 0.3) is 0 Å². The molecule has 0 aliphatic carbocycles. The predicted molar refractivity (Wildman–Crippen MR) is 93.8 cm³/mol. The van der Waals surface area contributed by atoms with Crippen molar-refractivity contribution >= 4 is 5.96 Å². The molecule has 5 heteroatoms. The molecule has 1 aromatic carbocycles. The standard InChI is InChI=1S/C18H29N3O2/c1-2-19-18(20-11-10-17-9-6-12-23-17)21-13-16(14-22)15-7-4-3-5-8-15/h3-5,7-8,16-17,22H,2,6,9-14H2,1H3,(H2,19,20,21). The van der Waals surface area contributed by atoms with Crippen LogP contribution < -0.4 is 10.6 Å². The highest BCUT2D eigenvalue weighted by atomic mass is 16.5. The molecule has 1 aliphatic rings. The van der Waals surface area contributed by atoms with E-state index in [0.717, 1.165) is 44.1 Å². The van der Waals surface area contributed by atoms with Crippen LogP contribution in [-0.2, 0) is 4.74 Å². The molecule has 0 aromatic heterocycles. The molecule has 1 saturated heterocycles. The largest absolute Gasteiger partial charge is 0.396 e. The first-order chi connectivity index (χ1) is 11.3. The van der Waals surface area contributed by atoms with Crippen LogP contribution in [0.2, 0.25) is 0 Å². The minimum atomic E-state index is 0.0322. The lowest BCUT2D eigenvalue weighted by Crippen LogP contribution is -2.39. The van der Waals surface area contributed by atoms with Crippen molar-refractivity contribution in [2.45, 2.75) is 38.2 Å². The van der Waals surface area contributed by atoms with E-state index in [1.54, 1.807) is 0 Å². The van der Waals surface area contributed by atoms with Crippen LogP contribution in [-0.4, -0.2) is 50.0 Å². The first-order valence-electron chi connectivity index (χ1n) is 8.63. The molecule has 1 fully saturated rings. The Balaban J connectivity index is 1.83. The Morgan fingerprint density at radius 2 is 2.17 bits per heavy atom. The maximum atomic E-state index is 9.62. The Morgan fingerprint density at radius 3 is 2.83 bits per heavy atom. The summed E-state index contributed by atoms with van der Waals surface area (Å²) in [7, 11) is 0. The number of aliphatic hydroxyl groups excluding tert-OH is 1. The molecule has 0 bridgehead atoms. The molecule has 2 unspecified atom stereocenters. The van der Waals surface area contributed by atoms with E-state index in [-0.39, 0.29) is 12.5 Å². The molecular weight excluding hydrogens is 290 g/mol. The van der Waals surface area contributed by atoms with Gasteiger partial charge in [-0.2, -0.15) is 0 Å². The third kappa shape index (κ3) is 6.20. The number of guanidine groups is 1. The smallest absolute Gasteiger partial charge is 0.191 e. The molecule has 128 valence electrons. The van der Waals surface area contributed by atoms with Gasteiger partial charge in [0.15, 0.2) is 5.96 Å². The number of hydrogen-bond donors (Lipinski definition) is 3. The molecule has 3 N–H and O–H groups in total. The Hall–Kier alpha value is -1.59. The van der Waals surface area contributed by atoms with E-state index < -0.39 is 0 Å². The van der Waals surface area contributed by atoms with Crippen LogP contribution >= 0.6 is 0 Å². The summed E-state index contributed by atoms with van der Waals surface area (Å²) in [5, 5.41) is 16.2. The van der Waals surface area contributed by atoms with E-state index >= 15 is 0 Å². The second-order valence-electron chi connectivity index (χ2n) is 5.86. The van der Waals surface area contributed by atoms with E-state index in [4.69, 9.17) is 4.74 Å². The quantitative estimate of drug-likeness (QED) is 0.506. The fourth-order valence-corrected chi connectivity index (χ4v) is 2.76. The molecule has 0 saturated carbocycles. The van der Waals surface area contributed by atoms with Crippen LogP contribution in [0.4, 0.5) is 0 Å². The highest BCUT2D eigenvalue weighted by molar-refractivity contribution is 5.79. The van der Waals surface area contributed by atoms with Gasteiger partial charge < -0.3 is 20.5 Å². The number of hydrogen-bond acceptors (Lipinski definition) is 3. The maximum absolute atomic E-state index is 9.62. The van der Waals surface area contributed by atoms with Gasteiger partial charge in [0, 0.05) is 25.6 Å². The summed E-state index contributed by atoms with van der Waals surface area (Å²) in [6.45, 7) is 5.29. The lowest BCUT2D eigenvalue weighted by atomic mass is 10.0. The second-order valence-corrected chi connectivity index (χ2v) is 5.86. The Kier molecular flexibility index (Phi) is 7.90. The minimum Gasteiger partial charge on any atom is -0.396 e. The SMILES string of the molecule is CCNC(=NCC(CO)c1ccccc1)NCCC1CCCO1. The van der Waals surface area contributed by atoms with Gasteiger partial charge in [-0.15, -0.1) is 0 Å². The summed E-state index contributed by atoms with van der Waals surface area (Å²) in [5.41, 5.74) is 1.12. The van der Waals surface area contributed by atoms with Gasteiger partial charge in [0.2, 0.25) is 0 Å². The summed E-state index contributed by atoms with van der Waals surface area (Å²) in [5.74, 6) is 0.838. The minimum absolute atomic E-state index is 0.0322. The molecule has 0 radical (unpaired) electrons. The van der Waals surface area contributed by atoms with E-state index in [0.29, 0.717) is 12.6 Å². The molecule has 1 aromatic rings. The average Bonchev–Trinajstić information content (AvgIpc) is 3.10. The number of aliphatic imine (C=N–C) groups is 1. The first kappa shape index (κ1) is 17.8. The van der Waals surface area contributed by atoms with Gasteiger partial charge in [-0.1, -0.05) is 30.3 Å². The summed E-state index contributed by atoms with van der Waals surface area (Å²) in [4.78, 5) is 4.62. The zero-order chi connectivity index (χ0) is 16.3. The lowest BCUT2D eigenvalue weighted by molar-refractivity contribution is 0.105. The Labute approximate surface area is 139 Å². The van der Waals surface area contributed by atoms with Gasteiger partial charge in [-0.05, 0) is 31.7 Å². The zero-order valence-corrected chi connectivity index (χ0v) is 14.0. The summed E-state index contributed by atoms with van der Waals surface area (Å²) < 4.78 is 5.63. The van der Waals surface area contributed by atoms with Crippen molar-refractivity contribution in [2.24, 2.45) is 4.99 Å². The number of rotatable bonds is 8. The van der Waals surface area contributed by atoms with Crippen LogP contribution in [0.1, 0.15) is 37.7 Å². The highest BCUT2D eigenvalue weighted by Gasteiger charge is 2.15. The van der Waals surface area contributed by atoms with Crippen LogP contribution in [0, 0.1) is 0 Å². The molecule has 2 rings (SSSR count). The number of ether oxygens (including phenoxy) is 1.